The summed E-state index contributed by atoms with van der Waals surface area (Å²) >= 11 is 0. The minimum Gasteiger partial charge on any atom is -0.493 e. The maximum Gasteiger partial charge on any atom is 0.276 e. The summed E-state index contributed by atoms with van der Waals surface area (Å²) in [5, 5.41) is 7.45. The third-order valence-corrected chi connectivity index (χ3v) is 5.21. The van der Waals surface area contributed by atoms with E-state index >= 15 is 0 Å². The first-order valence-corrected chi connectivity index (χ1v) is 10.1. The molecule has 4 rings (SSSR count). The van der Waals surface area contributed by atoms with Gasteiger partial charge < -0.3 is 24.2 Å². The molecule has 3 heterocycles. The smallest absolute Gasteiger partial charge is 0.276 e. The Morgan fingerprint density at radius 2 is 1.97 bits per heavy atom. The van der Waals surface area contributed by atoms with Crippen LogP contribution in [0.1, 0.15) is 17.0 Å². The zero-order valence-corrected chi connectivity index (χ0v) is 20.7. The van der Waals surface area contributed by atoms with E-state index in [2.05, 4.69) is 36.4 Å². The number of ether oxygens (including phenoxy) is 2. The van der Waals surface area contributed by atoms with Crippen molar-refractivity contribution in [3.05, 3.63) is 53.5 Å². The average Bonchev–Trinajstić information content (AvgIpc) is 3.30. The molecule has 0 spiro atoms. The summed E-state index contributed by atoms with van der Waals surface area (Å²) in [6.45, 7) is 2.26. The number of guanidine groups is 1. The molecule has 0 radical (unpaired) electrons. The molecule has 1 aromatic carbocycles. The molecule has 0 bridgehead atoms. The molecule has 9 nitrogen and oxygen atoms in total. The number of halogens is 1. The van der Waals surface area contributed by atoms with Crippen molar-refractivity contribution in [3.63, 3.8) is 0 Å². The lowest BCUT2D eigenvalue weighted by Gasteiger charge is -2.32. The van der Waals surface area contributed by atoms with Crippen LogP contribution in [0.25, 0.3) is 11.6 Å². The zero-order valence-electron chi connectivity index (χ0n) is 18.4. The number of aliphatic imine (C=N–C) groups is 1. The molecule has 0 atom stereocenters. The van der Waals surface area contributed by atoms with Gasteiger partial charge in [0, 0.05) is 39.3 Å². The lowest BCUT2D eigenvalue weighted by Crippen LogP contribution is -2.44. The number of methoxy groups -OCH3 is 2. The number of hydrogen-bond acceptors (Lipinski definition) is 7. The Morgan fingerprint density at radius 1 is 1.19 bits per heavy atom. The molecule has 3 aromatic rings. The summed E-state index contributed by atoms with van der Waals surface area (Å²) < 4.78 is 16.2. The highest BCUT2D eigenvalue weighted by atomic mass is 127. The molecular weight excluding hydrogens is 523 g/mol. The van der Waals surface area contributed by atoms with Crippen LogP contribution in [-0.4, -0.2) is 60.3 Å². The molecule has 0 unspecified atom stereocenters. The first-order valence-electron chi connectivity index (χ1n) is 10.1. The van der Waals surface area contributed by atoms with Crippen molar-refractivity contribution in [2.75, 3.05) is 34.4 Å². The van der Waals surface area contributed by atoms with Gasteiger partial charge in [-0.25, -0.2) is 0 Å². The van der Waals surface area contributed by atoms with E-state index in [1.54, 1.807) is 27.5 Å². The van der Waals surface area contributed by atoms with E-state index in [9.17, 15) is 0 Å². The number of hydrogen-bond donors (Lipinski definition) is 1. The minimum absolute atomic E-state index is 0. The Labute approximate surface area is 204 Å². The lowest BCUT2D eigenvalue weighted by molar-refractivity contribution is 0.346. The maximum absolute atomic E-state index is 5.46. The largest absolute Gasteiger partial charge is 0.493 e. The molecule has 0 saturated carbocycles. The quantitative estimate of drug-likeness (QED) is 0.284. The van der Waals surface area contributed by atoms with E-state index < -0.39 is 0 Å². The van der Waals surface area contributed by atoms with Crippen molar-refractivity contribution in [2.24, 2.45) is 4.99 Å². The van der Waals surface area contributed by atoms with Crippen molar-refractivity contribution in [1.82, 2.24) is 25.3 Å². The maximum atomic E-state index is 5.46. The van der Waals surface area contributed by atoms with Crippen molar-refractivity contribution < 1.29 is 14.0 Å². The summed E-state index contributed by atoms with van der Waals surface area (Å²) in [6, 6.07) is 9.70. The number of benzene rings is 1. The van der Waals surface area contributed by atoms with Gasteiger partial charge in [-0.1, -0.05) is 11.2 Å². The van der Waals surface area contributed by atoms with Crippen LogP contribution in [0.3, 0.4) is 0 Å². The summed E-state index contributed by atoms with van der Waals surface area (Å²) in [7, 11) is 5.11. The van der Waals surface area contributed by atoms with Crippen LogP contribution >= 0.6 is 24.0 Å². The van der Waals surface area contributed by atoms with Gasteiger partial charge in [0.15, 0.2) is 23.3 Å². The van der Waals surface area contributed by atoms with E-state index in [0.29, 0.717) is 30.4 Å². The van der Waals surface area contributed by atoms with Gasteiger partial charge in [-0.2, -0.15) is 4.98 Å². The van der Waals surface area contributed by atoms with E-state index in [1.165, 1.54) is 11.1 Å². The molecule has 32 heavy (non-hydrogen) atoms. The molecular formula is C22H27IN6O3. The number of fused-ring (bicyclic) bond motifs is 1. The van der Waals surface area contributed by atoms with Gasteiger partial charge in [0.1, 0.15) is 5.69 Å². The second-order valence-corrected chi connectivity index (χ2v) is 7.10. The van der Waals surface area contributed by atoms with E-state index in [0.717, 1.165) is 37.0 Å². The summed E-state index contributed by atoms with van der Waals surface area (Å²) in [6.07, 6.45) is 3.23. The highest BCUT2D eigenvalue weighted by molar-refractivity contribution is 14.0. The van der Waals surface area contributed by atoms with Gasteiger partial charge in [-0.15, -0.1) is 24.0 Å². The third kappa shape index (κ3) is 5.29. The van der Waals surface area contributed by atoms with Gasteiger partial charge in [-0.05, 0) is 41.8 Å². The normalized spacial score (nSPS) is 13.2. The predicted octanol–water partition coefficient (Wildman–Crippen LogP) is 2.94. The molecule has 170 valence electrons. The van der Waals surface area contributed by atoms with Gasteiger partial charge in [-0.3, -0.25) is 9.98 Å². The van der Waals surface area contributed by atoms with Gasteiger partial charge in [0.2, 0.25) is 0 Å². The minimum atomic E-state index is 0. The number of rotatable bonds is 6. The van der Waals surface area contributed by atoms with E-state index in [1.807, 2.05) is 24.3 Å². The van der Waals surface area contributed by atoms with Crippen LogP contribution < -0.4 is 14.8 Å². The van der Waals surface area contributed by atoms with Crippen LogP contribution in [0.4, 0.5) is 0 Å². The standard InChI is InChI=1S/C22H26N6O3.HI/c1-23-22(25-10-7-20-26-21(31-27-20)17-6-4-5-9-24-17)28-11-8-15-12-18(29-2)19(30-3)13-16(15)14-28;/h4-6,9,12-13H,7-8,10-11,14H2,1-3H3,(H,23,25);1H. The third-order valence-electron chi connectivity index (χ3n) is 5.21. The molecule has 10 heteroatoms. The number of aromatic nitrogens is 3. The average molecular weight is 550 g/mol. The summed E-state index contributed by atoms with van der Waals surface area (Å²) in [5.41, 5.74) is 3.16. The lowest BCUT2D eigenvalue weighted by atomic mass is 9.99. The Kier molecular flexibility index (Phi) is 8.26. The summed E-state index contributed by atoms with van der Waals surface area (Å²) in [4.78, 5) is 15.3. The van der Waals surface area contributed by atoms with Gasteiger partial charge in [0.25, 0.3) is 5.89 Å². The fraction of sp³-hybridized carbons (Fsp3) is 0.364. The second-order valence-electron chi connectivity index (χ2n) is 7.10. The molecule has 2 aromatic heterocycles. The van der Waals surface area contributed by atoms with Crippen LogP contribution in [0.2, 0.25) is 0 Å². The van der Waals surface area contributed by atoms with Crippen LogP contribution in [0, 0.1) is 0 Å². The van der Waals surface area contributed by atoms with Crippen molar-refractivity contribution in [3.8, 4) is 23.1 Å². The predicted molar refractivity (Wildman–Crippen MR) is 132 cm³/mol. The molecule has 0 aliphatic carbocycles. The topological polar surface area (TPSA) is 97.9 Å². The van der Waals surface area contributed by atoms with E-state index in [-0.39, 0.29) is 24.0 Å². The Balaban J connectivity index is 0.00000289. The zero-order chi connectivity index (χ0) is 21.6. The Morgan fingerprint density at radius 3 is 2.66 bits per heavy atom. The number of nitrogens with one attached hydrogen (secondary N) is 1. The molecule has 0 fully saturated rings. The number of pyridine rings is 1. The first kappa shape index (κ1) is 23.8. The first-order chi connectivity index (χ1) is 15.2. The number of nitrogens with zero attached hydrogens (tertiary/aromatic N) is 5. The SMILES string of the molecule is CN=C(NCCc1noc(-c2ccccn2)n1)N1CCc2cc(OC)c(OC)cc2C1.I. The van der Waals surface area contributed by atoms with E-state index in [4.69, 9.17) is 14.0 Å². The monoisotopic (exact) mass is 550 g/mol. The highest BCUT2D eigenvalue weighted by Gasteiger charge is 2.21. The fourth-order valence-electron chi connectivity index (χ4n) is 3.63. The molecule has 1 aliphatic rings. The summed E-state index contributed by atoms with van der Waals surface area (Å²) in [5.74, 6) is 3.41. The van der Waals surface area contributed by atoms with Crippen molar-refractivity contribution in [1.29, 1.82) is 0 Å². The molecule has 0 saturated heterocycles. The van der Waals surface area contributed by atoms with Gasteiger partial charge in [0.05, 0.1) is 14.2 Å². The second kappa shape index (κ2) is 11.1. The highest BCUT2D eigenvalue weighted by Crippen LogP contribution is 2.33. The van der Waals surface area contributed by atoms with Crippen molar-refractivity contribution >= 4 is 29.9 Å². The fourth-order valence-corrected chi connectivity index (χ4v) is 3.63. The van der Waals surface area contributed by atoms with Crippen LogP contribution in [-0.2, 0) is 19.4 Å². The van der Waals surface area contributed by atoms with Crippen LogP contribution in [0.15, 0.2) is 46.0 Å². The van der Waals surface area contributed by atoms with Gasteiger partial charge >= 0.3 is 0 Å². The Bertz CT molecular complexity index is 1060. The molecule has 1 aliphatic heterocycles. The Hall–Kier alpha value is -2.89. The van der Waals surface area contributed by atoms with Crippen LogP contribution in [0.5, 0.6) is 11.5 Å². The van der Waals surface area contributed by atoms with Crippen molar-refractivity contribution in [2.45, 2.75) is 19.4 Å². The molecule has 1 N–H and O–H groups in total. The molecule has 0 amide bonds.